The highest BCUT2D eigenvalue weighted by atomic mass is 14.9. The Balaban J connectivity index is 4.00. The van der Waals surface area contributed by atoms with E-state index in [-0.39, 0.29) is 5.54 Å². The fourth-order valence-corrected chi connectivity index (χ4v) is 3.08. The molecule has 0 aromatic carbocycles. The van der Waals surface area contributed by atoms with Crippen LogP contribution in [0.5, 0.6) is 0 Å². The molecule has 0 atom stereocenters. The third-order valence-corrected chi connectivity index (χ3v) is 4.54. The topological polar surface area (TPSA) is 76.1 Å². The van der Waals surface area contributed by atoms with Crippen molar-refractivity contribution in [3.05, 3.63) is 0 Å². The Morgan fingerprint density at radius 1 is 0.652 bits per heavy atom. The second-order valence-corrected chi connectivity index (χ2v) is 7.02. The molecule has 0 radical (unpaired) electrons. The van der Waals surface area contributed by atoms with Gasteiger partial charge >= 0.3 is 0 Å². The first-order chi connectivity index (χ1) is 11.2. The van der Waals surface area contributed by atoms with E-state index in [1.54, 1.807) is 0 Å². The maximum absolute atomic E-state index is 6.76. The summed E-state index contributed by atoms with van der Waals surface area (Å²) in [5.41, 5.74) is 12.4. The predicted octanol–water partition coefficient (Wildman–Crippen LogP) is 3.15. The van der Waals surface area contributed by atoms with Crippen LogP contribution in [-0.2, 0) is 0 Å². The summed E-state index contributed by atoms with van der Waals surface area (Å²) in [5.74, 6) is 0. The lowest BCUT2D eigenvalue weighted by atomic mass is 9.84. The Morgan fingerprint density at radius 3 is 1.61 bits per heavy atom. The van der Waals surface area contributed by atoms with Crippen molar-refractivity contribution in [3.63, 3.8) is 0 Å². The molecule has 0 aliphatic carbocycles. The van der Waals surface area contributed by atoms with Gasteiger partial charge in [-0.3, -0.25) is 0 Å². The zero-order valence-corrected chi connectivity index (χ0v) is 16.0. The summed E-state index contributed by atoms with van der Waals surface area (Å²) in [6.07, 6.45) is 13.2. The highest BCUT2D eigenvalue weighted by Gasteiger charge is 2.23. The number of nitrogens with one attached hydrogen (secondary N) is 2. The SMILES string of the molecule is CCCNCCCC(N)(CCCCCCN)CCCNCCC. The van der Waals surface area contributed by atoms with Crippen LogP contribution in [0.15, 0.2) is 0 Å². The molecular formula is C19H44N4. The van der Waals surface area contributed by atoms with Crippen molar-refractivity contribution in [1.82, 2.24) is 10.6 Å². The van der Waals surface area contributed by atoms with Gasteiger partial charge < -0.3 is 22.1 Å². The summed E-state index contributed by atoms with van der Waals surface area (Å²) in [4.78, 5) is 0. The molecule has 0 spiro atoms. The summed E-state index contributed by atoms with van der Waals surface area (Å²) in [6, 6.07) is 0. The van der Waals surface area contributed by atoms with E-state index in [0.717, 1.165) is 52.0 Å². The average Bonchev–Trinajstić information content (AvgIpc) is 2.54. The van der Waals surface area contributed by atoms with Crippen molar-refractivity contribution in [2.24, 2.45) is 11.5 Å². The highest BCUT2D eigenvalue weighted by Crippen LogP contribution is 2.23. The molecule has 0 aromatic heterocycles. The summed E-state index contributed by atoms with van der Waals surface area (Å²) in [5, 5.41) is 6.99. The van der Waals surface area contributed by atoms with Gasteiger partial charge in [-0.1, -0.05) is 33.1 Å². The first-order valence-corrected chi connectivity index (χ1v) is 10.1. The van der Waals surface area contributed by atoms with E-state index in [9.17, 15) is 0 Å². The van der Waals surface area contributed by atoms with Gasteiger partial charge in [-0.2, -0.15) is 0 Å². The molecule has 0 aromatic rings. The van der Waals surface area contributed by atoms with Crippen molar-refractivity contribution < 1.29 is 0 Å². The quantitative estimate of drug-likeness (QED) is 0.292. The van der Waals surface area contributed by atoms with E-state index in [0.29, 0.717) is 0 Å². The average molecular weight is 329 g/mol. The van der Waals surface area contributed by atoms with Crippen LogP contribution >= 0.6 is 0 Å². The van der Waals surface area contributed by atoms with Crippen LogP contribution in [0, 0.1) is 0 Å². The van der Waals surface area contributed by atoms with Gasteiger partial charge in [0.1, 0.15) is 0 Å². The smallest absolute Gasteiger partial charge is 0.0155 e. The molecule has 0 unspecified atom stereocenters. The highest BCUT2D eigenvalue weighted by molar-refractivity contribution is 4.84. The molecule has 0 heterocycles. The van der Waals surface area contributed by atoms with E-state index in [1.807, 2.05) is 0 Å². The van der Waals surface area contributed by atoms with Crippen molar-refractivity contribution >= 4 is 0 Å². The number of hydrogen-bond donors (Lipinski definition) is 4. The van der Waals surface area contributed by atoms with E-state index >= 15 is 0 Å². The van der Waals surface area contributed by atoms with Gasteiger partial charge in [0, 0.05) is 5.54 Å². The molecule has 4 nitrogen and oxygen atoms in total. The predicted molar refractivity (Wildman–Crippen MR) is 104 cm³/mol. The molecule has 140 valence electrons. The maximum Gasteiger partial charge on any atom is 0.0155 e. The normalized spacial score (nSPS) is 12.0. The number of hydrogen-bond acceptors (Lipinski definition) is 4. The molecule has 6 N–H and O–H groups in total. The summed E-state index contributed by atoms with van der Waals surface area (Å²) >= 11 is 0. The fraction of sp³-hybridized carbons (Fsp3) is 1.00. The Morgan fingerprint density at radius 2 is 1.13 bits per heavy atom. The van der Waals surface area contributed by atoms with Gasteiger partial charge in [0.15, 0.2) is 0 Å². The second-order valence-electron chi connectivity index (χ2n) is 7.02. The van der Waals surface area contributed by atoms with Gasteiger partial charge in [0.25, 0.3) is 0 Å². The van der Waals surface area contributed by atoms with Gasteiger partial charge in [-0.05, 0) is 84.1 Å². The fourth-order valence-electron chi connectivity index (χ4n) is 3.08. The minimum absolute atomic E-state index is 0.0322. The van der Waals surface area contributed by atoms with Crippen molar-refractivity contribution in [2.45, 2.75) is 90.0 Å². The van der Waals surface area contributed by atoms with Crippen LogP contribution in [-0.4, -0.2) is 38.3 Å². The Bertz CT molecular complexity index is 197. The number of unbranched alkanes of at least 4 members (excludes halogenated alkanes) is 3. The van der Waals surface area contributed by atoms with Crippen molar-refractivity contribution in [3.8, 4) is 0 Å². The molecule has 0 bridgehead atoms. The van der Waals surface area contributed by atoms with Crippen LogP contribution in [0.25, 0.3) is 0 Å². The minimum Gasteiger partial charge on any atom is -0.330 e. The van der Waals surface area contributed by atoms with Crippen LogP contribution < -0.4 is 22.1 Å². The first kappa shape index (κ1) is 22.8. The monoisotopic (exact) mass is 328 g/mol. The van der Waals surface area contributed by atoms with Crippen LogP contribution in [0.2, 0.25) is 0 Å². The van der Waals surface area contributed by atoms with Crippen molar-refractivity contribution in [2.75, 3.05) is 32.7 Å². The molecule has 0 fully saturated rings. The molecule has 0 aliphatic heterocycles. The number of nitrogens with two attached hydrogens (primary N) is 2. The van der Waals surface area contributed by atoms with Crippen LogP contribution in [0.4, 0.5) is 0 Å². The lowest BCUT2D eigenvalue weighted by Crippen LogP contribution is -2.41. The molecule has 0 amide bonds. The third kappa shape index (κ3) is 15.1. The minimum atomic E-state index is 0.0322. The molecule has 0 rings (SSSR count). The number of rotatable bonds is 18. The van der Waals surface area contributed by atoms with Gasteiger partial charge in [-0.15, -0.1) is 0 Å². The molecule has 0 saturated carbocycles. The molecule has 23 heavy (non-hydrogen) atoms. The lowest BCUT2D eigenvalue weighted by Gasteiger charge is -2.30. The second kappa shape index (κ2) is 16.7. The molecule has 0 saturated heterocycles. The molecule has 0 aliphatic rings. The zero-order chi connectivity index (χ0) is 17.2. The van der Waals surface area contributed by atoms with E-state index < -0.39 is 0 Å². The Hall–Kier alpha value is -0.160. The molecular weight excluding hydrogens is 284 g/mol. The largest absolute Gasteiger partial charge is 0.330 e. The Kier molecular flexibility index (Phi) is 16.6. The van der Waals surface area contributed by atoms with Gasteiger partial charge in [-0.25, -0.2) is 0 Å². The van der Waals surface area contributed by atoms with E-state index in [2.05, 4.69) is 24.5 Å². The van der Waals surface area contributed by atoms with E-state index in [4.69, 9.17) is 11.5 Å². The summed E-state index contributed by atoms with van der Waals surface area (Å²) in [7, 11) is 0. The van der Waals surface area contributed by atoms with Crippen molar-refractivity contribution in [1.29, 1.82) is 0 Å². The standard InChI is InChI=1S/C19H44N4/c1-3-15-22-17-9-12-19(21,11-7-5-6-8-14-20)13-10-18-23-16-4-2/h22-23H,3-18,20-21H2,1-2H3. The van der Waals surface area contributed by atoms with Gasteiger partial charge in [0.2, 0.25) is 0 Å². The summed E-state index contributed by atoms with van der Waals surface area (Å²) < 4.78 is 0. The van der Waals surface area contributed by atoms with Crippen LogP contribution in [0.1, 0.15) is 84.5 Å². The lowest BCUT2D eigenvalue weighted by molar-refractivity contribution is 0.308. The molecule has 4 heteroatoms. The maximum atomic E-state index is 6.76. The van der Waals surface area contributed by atoms with E-state index in [1.165, 1.54) is 51.4 Å². The van der Waals surface area contributed by atoms with Crippen LogP contribution in [0.3, 0.4) is 0 Å². The summed E-state index contributed by atoms with van der Waals surface area (Å²) in [6.45, 7) is 9.70. The Labute approximate surface area is 145 Å². The third-order valence-electron chi connectivity index (χ3n) is 4.54. The zero-order valence-electron chi connectivity index (χ0n) is 16.0. The van der Waals surface area contributed by atoms with Gasteiger partial charge in [0.05, 0.1) is 0 Å². The first-order valence-electron chi connectivity index (χ1n) is 10.1.